The monoisotopic (exact) mass is 259 g/mol. The molecule has 0 bridgehead atoms. The van der Waals surface area contributed by atoms with Gasteiger partial charge in [0.25, 0.3) is 0 Å². The van der Waals surface area contributed by atoms with Crippen molar-refractivity contribution >= 4 is 27.5 Å². The van der Waals surface area contributed by atoms with E-state index < -0.39 is 11.9 Å². The van der Waals surface area contributed by atoms with Gasteiger partial charge in [-0.2, -0.15) is 13.2 Å². The maximum Gasteiger partial charge on any atom is 0.433 e. The molecule has 0 spiro atoms. The number of rotatable bonds is 0. The third kappa shape index (κ3) is 2.10. The third-order valence-electron chi connectivity index (χ3n) is 1.09. The number of hydrogen-bond donors (Lipinski definition) is 0. The van der Waals surface area contributed by atoms with Crippen LogP contribution in [0.15, 0.2) is 16.6 Å². The van der Waals surface area contributed by atoms with Crippen LogP contribution in [0.5, 0.6) is 0 Å². The van der Waals surface area contributed by atoms with Crippen LogP contribution in [0.25, 0.3) is 0 Å². The Balaban J connectivity index is 3.14. The highest BCUT2D eigenvalue weighted by molar-refractivity contribution is 9.10. The van der Waals surface area contributed by atoms with E-state index in [0.29, 0.717) is 4.47 Å². The largest absolute Gasteiger partial charge is 0.433 e. The van der Waals surface area contributed by atoms with E-state index in [4.69, 9.17) is 11.6 Å². The zero-order chi connectivity index (χ0) is 9.35. The fourth-order valence-electron chi connectivity index (χ4n) is 0.575. The number of nitrogens with zero attached hydrogens (tertiary/aromatic N) is 1. The first kappa shape index (κ1) is 9.80. The highest BCUT2D eigenvalue weighted by Gasteiger charge is 2.32. The van der Waals surface area contributed by atoms with Crippen molar-refractivity contribution < 1.29 is 13.2 Å². The first-order valence-electron chi connectivity index (χ1n) is 2.80. The Morgan fingerprint density at radius 2 is 1.92 bits per heavy atom. The van der Waals surface area contributed by atoms with Gasteiger partial charge in [0.1, 0.15) is 10.8 Å². The molecule has 0 unspecified atom stereocenters. The minimum absolute atomic E-state index is 0.190. The van der Waals surface area contributed by atoms with Crippen LogP contribution in [0.3, 0.4) is 0 Å². The van der Waals surface area contributed by atoms with Crippen molar-refractivity contribution in [2.75, 3.05) is 0 Å². The second-order valence-corrected chi connectivity index (χ2v) is 3.18. The Bertz CT molecular complexity index is 299. The van der Waals surface area contributed by atoms with E-state index in [-0.39, 0.29) is 5.15 Å². The van der Waals surface area contributed by atoms with E-state index in [0.717, 1.165) is 6.07 Å². The predicted molar refractivity (Wildman–Crippen MR) is 41.9 cm³/mol. The van der Waals surface area contributed by atoms with E-state index in [1.54, 1.807) is 0 Å². The number of pyridine rings is 1. The Hall–Kier alpha value is -0.290. The van der Waals surface area contributed by atoms with Crippen LogP contribution >= 0.6 is 27.5 Å². The summed E-state index contributed by atoms with van der Waals surface area (Å²) in [5.41, 5.74) is -0.990. The molecule has 0 aliphatic carbocycles. The lowest BCUT2D eigenvalue weighted by atomic mass is 10.3. The fraction of sp³-hybridized carbons (Fsp3) is 0.167. The highest BCUT2D eigenvalue weighted by atomic mass is 79.9. The van der Waals surface area contributed by atoms with Crippen LogP contribution in [0.2, 0.25) is 5.15 Å². The van der Waals surface area contributed by atoms with Crippen LogP contribution in [0.4, 0.5) is 13.2 Å². The molecule has 0 N–H and O–H groups in total. The van der Waals surface area contributed by atoms with E-state index in [2.05, 4.69) is 20.9 Å². The van der Waals surface area contributed by atoms with Crippen LogP contribution in [0.1, 0.15) is 5.69 Å². The molecule has 0 saturated heterocycles. The minimum Gasteiger partial charge on any atom is -0.230 e. The van der Waals surface area contributed by atoms with Gasteiger partial charge in [-0.05, 0) is 28.1 Å². The van der Waals surface area contributed by atoms with Gasteiger partial charge in [0, 0.05) is 0 Å². The Kier molecular flexibility index (Phi) is 2.63. The Labute approximate surface area is 79.7 Å². The second kappa shape index (κ2) is 3.22. The summed E-state index contributed by atoms with van der Waals surface area (Å²) in [5, 5.41) is -0.190. The smallest absolute Gasteiger partial charge is 0.230 e. The maximum atomic E-state index is 12.0. The number of hydrogen-bond acceptors (Lipinski definition) is 1. The molecule has 6 heteroatoms. The lowest BCUT2D eigenvalue weighted by molar-refractivity contribution is -0.141. The molecule has 1 rings (SSSR count). The summed E-state index contributed by atoms with van der Waals surface area (Å²) in [4.78, 5) is 3.14. The van der Waals surface area contributed by atoms with Gasteiger partial charge in [-0.1, -0.05) is 11.6 Å². The molecule has 1 heterocycles. The normalized spacial score (nSPS) is 11.8. The molecule has 0 amide bonds. The molecule has 0 aliphatic rings. The quantitative estimate of drug-likeness (QED) is 0.650. The second-order valence-electron chi connectivity index (χ2n) is 1.97. The third-order valence-corrected chi connectivity index (χ3v) is 2.25. The molecule has 66 valence electrons. The van der Waals surface area contributed by atoms with Crippen molar-refractivity contribution in [2.45, 2.75) is 6.18 Å². The summed E-state index contributed by atoms with van der Waals surface area (Å²) in [5.74, 6) is 0. The summed E-state index contributed by atoms with van der Waals surface area (Å²) in [7, 11) is 0. The van der Waals surface area contributed by atoms with Crippen molar-refractivity contribution in [1.82, 2.24) is 4.98 Å². The van der Waals surface area contributed by atoms with Crippen molar-refractivity contribution in [3.05, 3.63) is 27.5 Å². The Morgan fingerprint density at radius 1 is 1.33 bits per heavy atom. The number of aromatic nitrogens is 1. The first-order valence-corrected chi connectivity index (χ1v) is 3.97. The van der Waals surface area contributed by atoms with Crippen LogP contribution in [-0.4, -0.2) is 4.98 Å². The van der Waals surface area contributed by atoms with Gasteiger partial charge in [-0.25, -0.2) is 4.98 Å². The summed E-state index contributed by atoms with van der Waals surface area (Å²) in [6, 6.07) is 2.06. The van der Waals surface area contributed by atoms with Crippen LogP contribution in [0, 0.1) is 0 Å². The van der Waals surface area contributed by atoms with Gasteiger partial charge in [-0.15, -0.1) is 0 Å². The van der Waals surface area contributed by atoms with Gasteiger partial charge in [0.2, 0.25) is 0 Å². The zero-order valence-electron chi connectivity index (χ0n) is 5.49. The fourth-order valence-corrected chi connectivity index (χ4v) is 0.950. The zero-order valence-corrected chi connectivity index (χ0v) is 7.83. The van der Waals surface area contributed by atoms with Crippen LogP contribution < -0.4 is 0 Å². The van der Waals surface area contributed by atoms with Gasteiger partial charge in [-0.3, -0.25) is 0 Å². The summed E-state index contributed by atoms with van der Waals surface area (Å²) >= 11 is 8.30. The molecule has 12 heavy (non-hydrogen) atoms. The van der Waals surface area contributed by atoms with Crippen molar-refractivity contribution in [2.24, 2.45) is 0 Å². The van der Waals surface area contributed by atoms with E-state index in [1.807, 2.05) is 0 Å². The molecule has 1 aromatic heterocycles. The lowest BCUT2D eigenvalue weighted by Crippen LogP contribution is -2.07. The molecular formula is C6H2BrClF3N. The minimum atomic E-state index is -4.44. The first-order chi connectivity index (χ1) is 5.41. The molecule has 0 aliphatic heterocycles. The average Bonchev–Trinajstić information content (AvgIpc) is 1.92. The molecule has 1 aromatic rings. The molecule has 0 saturated carbocycles. The van der Waals surface area contributed by atoms with Gasteiger partial charge in [0.15, 0.2) is 0 Å². The average molecular weight is 260 g/mol. The number of halogens is 5. The van der Waals surface area contributed by atoms with Gasteiger partial charge < -0.3 is 0 Å². The Morgan fingerprint density at radius 3 is 2.33 bits per heavy atom. The molecule has 1 nitrogen and oxygen atoms in total. The topological polar surface area (TPSA) is 12.9 Å². The predicted octanol–water partition coefficient (Wildman–Crippen LogP) is 3.52. The van der Waals surface area contributed by atoms with Gasteiger partial charge >= 0.3 is 6.18 Å². The summed E-state index contributed by atoms with van der Waals surface area (Å²) < 4.78 is 36.2. The van der Waals surface area contributed by atoms with Crippen molar-refractivity contribution in [1.29, 1.82) is 0 Å². The molecule has 0 radical (unpaired) electrons. The van der Waals surface area contributed by atoms with E-state index >= 15 is 0 Å². The molecule has 0 fully saturated rings. The van der Waals surface area contributed by atoms with Gasteiger partial charge in [0.05, 0.1) is 4.47 Å². The lowest BCUT2D eigenvalue weighted by Gasteiger charge is -2.05. The maximum absolute atomic E-state index is 12.0. The molecule has 0 aromatic carbocycles. The SMILES string of the molecule is FC(F)(F)c1ccc(Br)c(Cl)n1. The van der Waals surface area contributed by atoms with E-state index in [9.17, 15) is 13.2 Å². The summed E-state index contributed by atoms with van der Waals surface area (Å²) in [6.45, 7) is 0. The van der Waals surface area contributed by atoms with Crippen molar-refractivity contribution in [3.63, 3.8) is 0 Å². The highest BCUT2D eigenvalue weighted by Crippen LogP contribution is 2.30. The van der Waals surface area contributed by atoms with E-state index in [1.165, 1.54) is 6.07 Å². The molecule has 0 atom stereocenters. The summed E-state index contributed by atoms with van der Waals surface area (Å²) in [6.07, 6.45) is -4.44. The standard InChI is InChI=1S/C6H2BrClF3N/c7-3-1-2-4(6(9,10)11)12-5(3)8/h1-2H. The van der Waals surface area contributed by atoms with Crippen LogP contribution in [-0.2, 0) is 6.18 Å². The van der Waals surface area contributed by atoms with Crippen molar-refractivity contribution in [3.8, 4) is 0 Å². The molecular weight excluding hydrogens is 258 g/mol. The number of alkyl halides is 3.